The van der Waals surface area contributed by atoms with Crippen LogP contribution in [0.25, 0.3) is 10.8 Å². The molecule has 1 heterocycles. The second kappa shape index (κ2) is 5.00. The van der Waals surface area contributed by atoms with Gasteiger partial charge in [0.2, 0.25) is 0 Å². The molecular weight excluding hydrogens is 274 g/mol. The van der Waals surface area contributed by atoms with E-state index in [0.29, 0.717) is 12.8 Å². The molecule has 5 heteroatoms. The van der Waals surface area contributed by atoms with Crippen molar-refractivity contribution in [1.29, 1.82) is 0 Å². The molecule has 0 amide bonds. The maximum absolute atomic E-state index is 10.8. The summed E-state index contributed by atoms with van der Waals surface area (Å²) in [5.74, 6) is -0.0740. The van der Waals surface area contributed by atoms with Gasteiger partial charge in [0.1, 0.15) is 0 Å². The van der Waals surface area contributed by atoms with Crippen LogP contribution in [0.3, 0.4) is 0 Å². The minimum atomic E-state index is -3.88. The molecule has 1 N–H and O–H groups in total. The minimum Gasteiger partial charge on any atom is -0.286 e. The molecule has 3 rings (SSSR count). The van der Waals surface area contributed by atoms with Crippen molar-refractivity contribution in [3.8, 4) is 0 Å². The first-order valence-corrected chi connectivity index (χ1v) is 8.16. The Morgan fingerprint density at radius 2 is 1.95 bits per heavy atom. The summed E-state index contributed by atoms with van der Waals surface area (Å²) in [7, 11) is -3.88. The standard InChI is InChI=1S/C15H15NO3S/c17-20(18,19)9-3-5-12-10-16-14-8-7-11-4-1-2-6-13(11)15(12)14/h1-2,4,6-8,10,12H,3,5,9H2,(H,17,18,19). The highest BCUT2D eigenvalue weighted by molar-refractivity contribution is 7.85. The summed E-state index contributed by atoms with van der Waals surface area (Å²) in [6.07, 6.45) is 2.98. The zero-order valence-corrected chi connectivity index (χ0v) is 11.7. The number of nitrogens with zero attached hydrogens (tertiary/aromatic N) is 1. The minimum absolute atomic E-state index is 0.123. The Morgan fingerprint density at radius 3 is 2.75 bits per heavy atom. The van der Waals surface area contributed by atoms with Crippen molar-refractivity contribution in [3.05, 3.63) is 42.0 Å². The van der Waals surface area contributed by atoms with Crippen LogP contribution in [0, 0.1) is 0 Å². The summed E-state index contributed by atoms with van der Waals surface area (Å²) in [5, 5.41) is 2.33. The highest BCUT2D eigenvalue weighted by Gasteiger charge is 2.21. The van der Waals surface area contributed by atoms with Crippen LogP contribution in [-0.4, -0.2) is 24.9 Å². The van der Waals surface area contributed by atoms with Gasteiger partial charge < -0.3 is 0 Å². The van der Waals surface area contributed by atoms with Gasteiger partial charge in [0.25, 0.3) is 10.1 Å². The first-order chi connectivity index (χ1) is 9.54. The van der Waals surface area contributed by atoms with Gasteiger partial charge in [-0.1, -0.05) is 30.3 Å². The first-order valence-electron chi connectivity index (χ1n) is 6.55. The van der Waals surface area contributed by atoms with E-state index in [1.165, 1.54) is 10.9 Å². The Bertz CT molecular complexity index is 781. The van der Waals surface area contributed by atoms with Gasteiger partial charge in [-0.2, -0.15) is 8.42 Å². The summed E-state index contributed by atoms with van der Waals surface area (Å²) in [4.78, 5) is 4.41. The lowest BCUT2D eigenvalue weighted by Gasteiger charge is -2.12. The van der Waals surface area contributed by atoms with Crippen molar-refractivity contribution in [2.75, 3.05) is 5.75 Å². The monoisotopic (exact) mass is 289 g/mol. The molecule has 0 fully saturated rings. The molecule has 1 atom stereocenters. The average molecular weight is 289 g/mol. The smallest absolute Gasteiger partial charge is 0.264 e. The zero-order valence-electron chi connectivity index (χ0n) is 10.9. The lowest BCUT2D eigenvalue weighted by molar-refractivity contribution is 0.480. The van der Waals surface area contributed by atoms with Crippen LogP contribution >= 0.6 is 0 Å². The Hall–Kier alpha value is -1.72. The normalized spacial score (nSPS) is 17.6. The van der Waals surface area contributed by atoms with Crippen LogP contribution in [0.15, 0.2) is 41.4 Å². The molecule has 0 saturated carbocycles. The van der Waals surface area contributed by atoms with Gasteiger partial charge in [-0.15, -0.1) is 0 Å². The predicted molar refractivity (Wildman–Crippen MR) is 80.5 cm³/mol. The van der Waals surface area contributed by atoms with E-state index >= 15 is 0 Å². The van der Waals surface area contributed by atoms with E-state index in [-0.39, 0.29) is 11.7 Å². The van der Waals surface area contributed by atoms with Crippen LogP contribution in [-0.2, 0) is 10.1 Å². The maximum atomic E-state index is 10.8. The van der Waals surface area contributed by atoms with E-state index < -0.39 is 10.1 Å². The van der Waals surface area contributed by atoms with Crippen molar-refractivity contribution in [2.45, 2.75) is 18.8 Å². The third kappa shape index (κ3) is 2.59. The van der Waals surface area contributed by atoms with Gasteiger partial charge in [0.15, 0.2) is 0 Å². The topological polar surface area (TPSA) is 66.7 Å². The van der Waals surface area contributed by atoms with Crippen molar-refractivity contribution < 1.29 is 13.0 Å². The number of fused-ring (bicyclic) bond motifs is 3. The zero-order chi connectivity index (χ0) is 14.2. The number of benzene rings is 2. The van der Waals surface area contributed by atoms with E-state index in [4.69, 9.17) is 4.55 Å². The molecule has 2 aromatic carbocycles. The Balaban J connectivity index is 1.89. The molecule has 2 aromatic rings. The number of rotatable bonds is 4. The quantitative estimate of drug-likeness (QED) is 0.878. The summed E-state index contributed by atoms with van der Waals surface area (Å²) >= 11 is 0. The van der Waals surface area contributed by atoms with E-state index in [2.05, 4.69) is 17.1 Å². The molecule has 1 aliphatic heterocycles. The van der Waals surface area contributed by atoms with Crippen LogP contribution in [0.5, 0.6) is 0 Å². The van der Waals surface area contributed by atoms with Gasteiger partial charge in [0, 0.05) is 12.1 Å². The van der Waals surface area contributed by atoms with Gasteiger partial charge in [-0.05, 0) is 35.2 Å². The third-order valence-electron chi connectivity index (χ3n) is 3.63. The molecule has 20 heavy (non-hydrogen) atoms. The van der Waals surface area contributed by atoms with E-state index in [1.807, 2.05) is 30.5 Å². The summed E-state index contributed by atoms with van der Waals surface area (Å²) < 4.78 is 30.4. The third-order valence-corrected chi connectivity index (χ3v) is 4.43. The van der Waals surface area contributed by atoms with Crippen LogP contribution in [0.1, 0.15) is 24.3 Å². The molecule has 0 aliphatic carbocycles. The second-order valence-electron chi connectivity index (χ2n) is 5.03. The second-order valence-corrected chi connectivity index (χ2v) is 6.60. The molecule has 0 bridgehead atoms. The van der Waals surface area contributed by atoms with Crippen LogP contribution < -0.4 is 0 Å². The molecule has 0 saturated heterocycles. The molecule has 0 aromatic heterocycles. The van der Waals surface area contributed by atoms with E-state index in [1.54, 1.807) is 0 Å². The molecule has 1 unspecified atom stereocenters. The predicted octanol–water partition coefficient (Wildman–Crippen LogP) is 3.31. The fraction of sp³-hybridized carbons (Fsp3) is 0.267. The van der Waals surface area contributed by atoms with Gasteiger partial charge >= 0.3 is 0 Å². The molecular formula is C15H15NO3S. The molecule has 4 nitrogen and oxygen atoms in total. The largest absolute Gasteiger partial charge is 0.286 e. The van der Waals surface area contributed by atoms with Crippen LogP contribution in [0.4, 0.5) is 5.69 Å². The Labute approximate surface area is 117 Å². The summed E-state index contributed by atoms with van der Waals surface area (Å²) in [6.45, 7) is 0. The highest BCUT2D eigenvalue weighted by Crippen LogP contribution is 2.39. The summed E-state index contributed by atoms with van der Waals surface area (Å²) in [5.41, 5.74) is 2.12. The fourth-order valence-electron chi connectivity index (χ4n) is 2.74. The van der Waals surface area contributed by atoms with E-state index in [0.717, 1.165) is 11.1 Å². The van der Waals surface area contributed by atoms with Crippen molar-refractivity contribution in [3.63, 3.8) is 0 Å². The fourth-order valence-corrected chi connectivity index (χ4v) is 3.27. The van der Waals surface area contributed by atoms with Gasteiger partial charge in [0.05, 0.1) is 11.4 Å². The van der Waals surface area contributed by atoms with Crippen LogP contribution in [0.2, 0.25) is 0 Å². The number of hydrogen-bond acceptors (Lipinski definition) is 3. The number of aliphatic imine (C=N–C) groups is 1. The van der Waals surface area contributed by atoms with E-state index in [9.17, 15) is 8.42 Å². The Kier molecular flexibility index (Phi) is 3.31. The molecule has 1 aliphatic rings. The molecule has 104 valence electrons. The summed E-state index contributed by atoms with van der Waals surface area (Å²) in [6, 6.07) is 12.2. The highest BCUT2D eigenvalue weighted by atomic mass is 32.2. The van der Waals surface area contributed by atoms with Crippen molar-refractivity contribution >= 4 is 32.8 Å². The van der Waals surface area contributed by atoms with Gasteiger partial charge in [-0.25, -0.2) is 0 Å². The number of hydrogen-bond donors (Lipinski definition) is 1. The first kappa shape index (κ1) is 13.3. The van der Waals surface area contributed by atoms with Gasteiger partial charge in [-0.3, -0.25) is 9.55 Å². The lowest BCUT2D eigenvalue weighted by Crippen LogP contribution is -2.06. The lowest BCUT2D eigenvalue weighted by atomic mass is 9.91. The van der Waals surface area contributed by atoms with Crippen molar-refractivity contribution in [2.24, 2.45) is 4.99 Å². The maximum Gasteiger partial charge on any atom is 0.264 e. The molecule has 0 spiro atoms. The molecule has 0 radical (unpaired) electrons. The average Bonchev–Trinajstić information content (AvgIpc) is 2.81. The van der Waals surface area contributed by atoms with Crippen molar-refractivity contribution in [1.82, 2.24) is 0 Å². The SMILES string of the molecule is O=S(=O)(O)CCCC1C=Nc2ccc3ccccc3c21. The Morgan fingerprint density at radius 1 is 1.15 bits per heavy atom.